The minimum Gasteiger partial charge on any atom is -0.466 e. The summed E-state index contributed by atoms with van der Waals surface area (Å²) in [7, 11) is 0. The standard InChI is InChI=1S/C10H18O3S/c1-3-8(9(11)13-4-2)10(12)5-6-14-7-10/h8,12H,3-7H2,1-2H3. The SMILES string of the molecule is CCOC(=O)C(CC)C1(O)CCSC1. The van der Waals surface area contributed by atoms with Crippen molar-refractivity contribution in [2.24, 2.45) is 5.92 Å². The Bertz CT molecular complexity index is 200. The molecule has 0 aromatic heterocycles. The van der Waals surface area contributed by atoms with Crippen LogP contribution in [0.5, 0.6) is 0 Å². The van der Waals surface area contributed by atoms with Gasteiger partial charge in [0.15, 0.2) is 0 Å². The molecule has 0 amide bonds. The average Bonchev–Trinajstić information content (AvgIpc) is 2.54. The highest BCUT2D eigenvalue weighted by atomic mass is 32.2. The van der Waals surface area contributed by atoms with Gasteiger partial charge in [0.1, 0.15) is 0 Å². The van der Waals surface area contributed by atoms with Crippen LogP contribution in [-0.4, -0.2) is 34.8 Å². The van der Waals surface area contributed by atoms with Gasteiger partial charge in [-0.05, 0) is 25.5 Å². The fourth-order valence-corrected chi connectivity index (χ4v) is 3.19. The third kappa shape index (κ3) is 2.42. The molecule has 14 heavy (non-hydrogen) atoms. The smallest absolute Gasteiger partial charge is 0.311 e. The number of esters is 1. The van der Waals surface area contributed by atoms with Crippen molar-refractivity contribution in [3.8, 4) is 0 Å². The van der Waals surface area contributed by atoms with E-state index in [0.717, 1.165) is 5.75 Å². The molecular formula is C10H18O3S. The Labute approximate surface area is 89.2 Å². The number of carbonyl (C=O) groups is 1. The molecular weight excluding hydrogens is 200 g/mol. The van der Waals surface area contributed by atoms with Crippen molar-refractivity contribution in [2.45, 2.75) is 32.3 Å². The minimum absolute atomic E-state index is 0.250. The summed E-state index contributed by atoms with van der Waals surface area (Å²) < 4.78 is 4.96. The van der Waals surface area contributed by atoms with Gasteiger partial charge in [-0.15, -0.1) is 0 Å². The lowest BCUT2D eigenvalue weighted by atomic mass is 9.85. The van der Waals surface area contributed by atoms with Crippen LogP contribution in [0.1, 0.15) is 26.7 Å². The molecule has 1 saturated heterocycles. The summed E-state index contributed by atoms with van der Waals surface area (Å²) in [5, 5.41) is 10.2. The Morgan fingerprint density at radius 2 is 2.36 bits per heavy atom. The van der Waals surface area contributed by atoms with E-state index in [1.165, 1.54) is 0 Å². The van der Waals surface area contributed by atoms with Crippen molar-refractivity contribution in [3.05, 3.63) is 0 Å². The fourth-order valence-electron chi connectivity index (χ4n) is 1.85. The van der Waals surface area contributed by atoms with Crippen LogP contribution in [0.3, 0.4) is 0 Å². The van der Waals surface area contributed by atoms with Crippen molar-refractivity contribution >= 4 is 17.7 Å². The number of hydrogen-bond donors (Lipinski definition) is 1. The van der Waals surface area contributed by atoms with Gasteiger partial charge in [-0.25, -0.2) is 0 Å². The van der Waals surface area contributed by atoms with E-state index in [0.29, 0.717) is 25.2 Å². The fraction of sp³-hybridized carbons (Fsp3) is 0.900. The van der Waals surface area contributed by atoms with E-state index < -0.39 is 5.60 Å². The van der Waals surface area contributed by atoms with Crippen LogP contribution in [-0.2, 0) is 9.53 Å². The molecule has 4 heteroatoms. The molecule has 0 spiro atoms. The van der Waals surface area contributed by atoms with Gasteiger partial charge in [0.05, 0.1) is 18.1 Å². The molecule has 1 rings (SSSR count). The Balaban J connectivity index is 2.64. The Hall–Kier alpha value is -0.220. The highest BCUT2D eigenvalue weighted by molar-refractivity contribution is 7.99. The first-order valence-corrected chi connectivity index (χ1v) is 6.26. The number of ether oxygens (including phenoxy) is 1. The van der Waals surface area contributed by atoms with E-state index in [4.69, 9.17) is 4.74 Å². The number of thioether (sulfide) groups is 1. The van der Waals surface area contributed by atoms with Crippen LogP contribution in [0.15, 0.2) is 0 Å². The van der Waals surface area contributed by atoms with Gasteiger partial charge >= 0.3 is 5.97 Å². The quantitative estimate of drug-likeness (QED) is 0.725. The lowest BCUT2D eigenvalue weighted by Crippen LogP contribution is -2.43. The lowest BCUT2D eigenvalue weighted by Gasteiger charge is -2.29. The van der Waals surface area contributed by atoms with Crippen LogP contribution in [0.4, 0.5) is 0 Å². The van der Waals surface area contributed by atoms with Crippen LogP contribution >= 0.6 is 11.8 Å². The first-order valence-electron chi connectivity index (χ1n) is 5.10. The van der Waals surface area contributed by atoms with E-state index in [-0.39, 0.29) is 11.9 Å². The molecule has 3 nitrogen and oxygen atoms in total. The maximum Gasteiger partial charge on any atom is 0.311 e. The first kappa shape index (κ1) is 11.9. The molecule has 82 valence electrons. The summed E-state index contributed by atoms with van der Waals surface area (Å²) in [4.78, 5) is 11.6. The summed E-state index contributed by atoms with van der Waals surface area (Å²) >= 11 is 1.70. The maximum atomic E-state index is 11.6. The average molecular weight is 218 g/mol. The van der Waals surface area contributed by atoms with Gasteiger partial charge in [0.2, 0.25) is 0 Å². The van der Waals surface area contributed by atoms with Crippen molar-refractivity contribution in [2.75, 3.05) is 18.1 Å². The summed E-state index contributed by atoms with van der Waals surface area (Å²) in [5.41, 5.74) is -0.828. The van der Waals surface area contributed by atoms with E-state index in [2.05, 4.69) is 0 Å². The van der Waals surface area contributed by atoms with Crippen molar-refractivity contribution in [3.63, 3.8) is 0 Å². The molecule has 1 aliphatic heterocycles. The molecule has 0 aromatic rings. The molecule has 2 unspecified atom stereocenters. The molecule has 2 atom stereocenters. The predicted octanol–water partition coefficient (Wildman–Crippen LogP) is 1.44. The summed E-state index contributed by atoms with van der Waals surface area (Å²) in [6, 6.07) is 0. The highest BCUT2D eigenvalue weighted by Crippen LogP contribution is 2.36. The van der Waals surface area contributed by atoms with Gasteiger partial charge in [0, 0.05) is 5.75 Å². The second-order valence-corrected chi connectivity index (χ2v) is 4.72. The second-order valence-electron chi connectivity index (χ2n) is 3.62. The van der Waals surface area contributed by atoms with E-state index in [1.807, 2.05) is 6.92 Å². The summed E-state index contributed by atoms with van der Waals surface area (Å²) in [6.45, 7) is 4.10. The molecule has 1 fully saturated rings. The Morgan fingerprint density at radius 1 is 1.64 bits per heavy atom. The molecule has 1 aliphatic rings. The lowest BCUT2D eigenvalue weighted by molar-refractivity contribution is -0.157. The monoisotopic (exact) mass is 218 g/mol. The third-order valence-electron chi connectivity index (χ3n) is 2.66. The van der Waals surface area contributed by atoms with E-state index in [1.54, 1.807) is 18.7 Å². The zero-order valence-electron chi connectivity index (χ0n) is 8.78. The van der Waals surface area contributed by atoms with Crippen LogP contribution in [0.2, 0.25) is 0 Å². The number of carbonyl (C=O) groups excluding carboxylic acids is 1. The molecule has 1 heterocycles. The van der Waals surface area contributed by atoms with Gasteiger partial charge < -0.3 is 9.84 Å². The predicted molar refractivity (Wildman–Crippen MR) is 57.3 cm³/mol. The number of hydrogen-bond acceptors (Lipinski definition) is 4. The van der Waals surface area contributed by atoms with Crippen molar-refractivity contribution in [1.29, 1.82) is 0 Å². The Kier molecular flexibility index (Phi) is 4.26. The molecule has 0 bridgehead atoms. The molecule has 0 saturated carbocycles. The van der Waals surface area contributed by atoms with Crippen LogP contribution < -0.4 is 0 Å². The molecule has 0 aliphatic carbocycles. The normalized spacial score (nSPS) is 28.8. The van der Waals surface area contributed by atoms with Crippen molar-refractivity contribution < 1.29 is 14.6 Å². The van der Waals surface area contributed by atoms with Gasteiger partial charge in [-0.3, -0.25) is 4.79 Å². The zero-order valence-corrected chi connectivity index (χ0v) is 9.60. The van der Waals surface area contributed by atoms with E-state index in [9.17, 15) is 9.90 Å². The largest absolute Gasteiger partial charge is 0.466 e. The molecule has 0 radical (unpaired) electrons. The highest BCUT2D eigenvalue weighted by Gasteiger charge is 2.43. The summed E-state index contributed by atoms with van der Waals surface area (Å²) in [6.07, 6.45) is 1.35. The Morgan fingerprint density at radius 3 is 2.79 bits per heavy atom. The molecule has 0 aromatic carbocycles. The second kappa shape index (κ2) is 5.03. The number of aliphatic hydroxyl groups is 1. The first-order chi connectivity index (χ1) is 6.64. The topological polar surface area (TPSA) is 46.5 Å². The third-order valence-corrected chi connectivity index (χ3v) is 3.86. The molecule has 1 N–H and O–H groups in total. The van der Waals surface area contributed by atoms with Gasteiger partial charge in [0.25, 0.3) is 0 Å². The van der Waals surface area contributed by atoms with Crippen LogP contribution in [0, 0.1) is 5.92 Å². The zero-order chi connectivity index (χ0) is 10.6. The maximum absolute atomic E-state index is 11.6. The van der Waals surface area contributed by atoms with Crippen molar-refractivity contribution in [1.82, 2.24) is 0 Å². The minimum atomic E-state index is -0.828. The van der Waals surface area contributed by atoms with Gasteiger partial charge in [-0.2, -0.15) is 11.8 Å². The summed E-state index contributed by atoms with van der Waals surface area (Å²) in [5.74, 6) is 0.994. The van der Waals surface area contributed by atoms with E-state index >= 15 is 0 Å². The number of rotatable bonds is 4. The van der Waals surface area contributed by atoms with Crippen LogP contribution in [0.25, 0.3) is 0 Å². The van der Waals surface area contributed by atoms with Gasteiger partial charge in [-0.1, -0.05) is 6.92 Å².